The third kappa shape index (κ3) is 3.77. The molecule has 1 fully saturated rings. The zero-order valence-electron chi connectivity index (χ0n) is 9.94. The van der Waals surface area contributed by atoms with Gasteiger partial charge in [-0.25, -0.2) is 4.39 Å². The minimum absolute atomic E-state index is 0.184. The topological polar surface area (TPSA) is 38.5 Å². The van der Waals surface area contributed by atoms with E-state index in [0.717, 1.165) is 38.2 Å². The van der Waals surface area contributed by atoms with Gasteiger partial charge in [0.05, 0.1) is 12.7 Å². The SMILES string of the molecule is NCCC1CN(Cc2ccc(F)cc2)CCO1. The van der Waals surface area contributed by atoms with Gasteiger partial charge in [-0.15, -0.1) is 0 Å². The number of morpholine rings is 1. The van der Waals surface area contributed by atoms with Crippen molar-refractivity contribution in [3.8, 4) is 0 Å². The number of rotatable bonds is 4. The van der Waals surface area contributed by atoms with Crippen LogP contribution >= 0.6 is 0 Å². The molecule has 1 aliphatic heterocycles. The second-order valence-electron chi connectivity index (χ2n) is 4.43. The maximum absolute atomic E-state index is 12.8. The van der Waals surface area contributed by atoms with Crippen LogP contribution in [0.5, 0.6) is 0 Å². The Morgan fingerprint density at radius 2 is 2.12 bits per heavy atom. The molecule has 0 amide bonds. The van der Waals surface area contributed by atoms with Crippen molar-refractivity contribution in [3.63, 3.8) is 0 Å². The molecule has 1 heterocycles. The van der Waals surface area contributed by atoms with Gasteiger partial charge in [0.15, 0.2) is 0 Å². The maximum Gasteiger partial charge on any atom is 0.123 e. The molecule has 1 aromatic carbocycles. The molecule has 1 unspecified atom stereocenters. The normalized spacial score (nSPS) is 21.6. The lowest BCUT2D eigenvalue weighted by Gasteiger charge is -2.32. The van der Waals surface area contributed by atoms with E-state index in [1.165, 1.54) is 12.1 Å². The van der Waals surface area contributed by atoms with Crippen molar-refractivity contribution in [2.24, 2.45) is 5.73 Å². The van der Waals surface area contributed by atoms with E-state index in [1.807, 2.05) is 12.1 Å². The summed E-state index contributed by atoms with van der Waals surface area (Å²) in [5, 5.41) is 0. The highest BCUT2D eigenvalue weighted by molar-refractivity contribution is 5.15. The van der Waals surface area contributed by atoms with Gasteiger partial charge in [-0.3, -0.25) is 4.90 Å². The molecule has 94 valence electrons. The van der Waals surface area contributed by atoms with Crippen LogP contribution < -0.4 is 5.73 Å². The molecule has 0 radical (unpaired) electrons. The van der Waals surface area contributed by atoms with E-state index < -0.39 is 0 Å². The average Bonchev–Trinajstić information content (AvgIpc) is 2.33. The second kappa shape index (κ2) is 6.10. The van der Waals surface area contributed by atoms with Gasteiger partial charge >= 0.3 is 0 Å². The lowest BCUT2D eigenvalue weighted by Crippen LogP contribution is -2.42. The van der Waals surface area contributed by atoms with Crippen LogP contribution in [0.25, 0.3) is 0 Å². The van der Waals surface area contributed by atoms with Gasteiger partial charge in [0.1, 0.15) is 5.82 Å². The maximum atomic E-state index is 12.8. The highest BCUT2D eigenvalue weighted by Gasteiger charge is 2.19. The number of benzene rings is 1. The average molecular weight is 238 g/mol. The summed E-state index contributed by atoms with van der Waals surface area (Å²) in [5.74, 6) is -0.184. The first kappa shape index (κ1) is 12.5. The Bertz CT molecular complexity index is 340. The summed E-state index contributed by atoms with van der Waals surface area (Å²) in [4.78, 5) is 2.33. The fourth-order valence-corrected chi connectivity index (χ4v) is 2.13. The molecule has 1 saturated heterocycles. The molecule has 2 N–H and O–H groups in total. The Morgan fingerprint density at radius 3 is 2.82 bits per heavy atom. The monoisotopic (exact) mass is 238 g/mol. The molecule has 0 aromatic heterocycles. The molecule has 17 heavy (non-hydrogen) atoms. The molecular weight excluding hydrogens is 219 g/mol. The molecule has 1 aliphatic rings. The minimum atomic E-state index is -0.184. The van der Waals surface area contributed by atoms with E-state index in [2.05, 4.69) is 4.90 Å². The van der Waals surface area contributed by atoms with Crippen molar-refractivity contribution in [1.29, 1.82) is 0 Å². The van der Waals surface area contributed by atoms with Crippen molar-refractivity contribution < 1.29 is 9.13 Å². The Kier molecular flexibility index (Phi) is 4.48. The standard InChI is InChI=1S/C13H19FN2O/c14-12-3-1-11(2-4-12)9-16-7-8-17-13(10-16)5-6-15/h1-4,13H,5-10,15H2. The van der Waals surface area contributed by atoms with Crippen LogP contribution in [0.15, 0.2) is 24.3 Å². The molecular formula is C13H19FN2O. The predicted molar refractivity (Wildman–Crippen MR) is 65.1 cm³/mol. The van der Waals surface area contributed by atoms with Crippen LogP contribution in [0.1, 0.15) is 12.0 Å². The highest BCUT2D eigenvalue weighted by atomic mass is 19.1. The number of hydrogen-bond acceptors (Lipinski definition) is 3. The lowest BCUT2D eigenvalue weighted by molar-refractivity contribution is -0.0335. The smallest absolute Gasteiger partial charge is 0.123 e. The molecule has 1 atom stereocenters. The third-order valence-electron chi connectivity index (χ3n) is 3.03. The van der Waals surface area contributed by atoms with E-state index in [0.29, 0.717) is 6.54 Å². The number of nitrogens with two attached hydrogens (primary N) is 1. The summed E-state index contributed by atoms with van der Waals surface area (Å²) in [5.41, 5.74) is 6.67. The van der Waals surface area contributed by atoms with Gasteiger partial charge in [-0.05, 0) is 30.7 Å². The lowest BCUT2D eigenvalue weighted by atomic mass is 10.1. The van der Waals surface area contributed by atoms with Crippen LogP contribution in [0.3, 0.4) is 0 Å². The van der Waals surface area contributed by atoms with Gasteiger partial charge in [0.25, 0.3) is 0 Å². The third-order valence-corrected chi connectivity index (χ3v) is 3.03. The number of nitrogens with zero attached hydrogens (tertiary/aromatic N) is 1. The first-order chi connectivity index (χ1) is 8.28. The number of halogens is 1. The predicted octanol–water partition coefficient (Wildman–Crippen LogP) is 1.38. The summed E-state index contributed by atoms with van der Waals surface area (Å²) in [6.45, 7) is 4.11. The van der Waals surface area contributed by atoms with E-state index in [-0.39, 0.29) is 11.9 Å². The summed E-state index contributed by atoms with van der Waals surface area (Å²) < 4.78 is 18.4. The molecule has 0 aliphatic carbocycles. The van der Waals surface area contributed by atoms with Crippen LogP contribution in [-0.4, -0.2) is 37.2 Å². The fraction of sp³-hybridized carbons (Fsp3) is 0.538. The molecule has 2 rings (SSSR count). The van der Waals surface area contributed by atoms with Crippen molar-refractivity contribution in [2.75, 3.05) is 26.2 Å². The second-order valence-corrected chi connectivity index (χ2v) is 4.43. The molecule has 4 heteroatoms. The summed E-state index contributed by atoms with van der Waals surface area (Å²) in [6.07, 6.45) is 1.15. The first-order valence-electron chi connectivity index (χ1n) is 6.06. The zero-order chi connectivity index (χ0) is 12.1. The Hall–Kier alpha value is -0.970. The van der Waals surface area contributed by atoms with Crippen LogP contribution in [-0.2, 0) is 11.3 Å². The van der Waals surface area contributed by atoms with Crippen LogP contribution in [0.2, 0.25) is 0 Å². The van der Waals surface area contributed by atoms with Gasteiger partial charge in [-0.1, -0.05) is 12.1 Å². The fourth-order valence-electron chi connectivity index (χ4n) is 2.13. The molecule has 3 nitrogen and oxygen atoms in total. The van der Waals surface area contributed by atoms with Gasteiger partial charge < -0.3 is 10.5 Å². The summed E-state index contributed by atoms with van der Waals surface area (Å²) in [7, 11) is 0. The molecule has 0 bridgehead atoms. The van der Waals surface area contributed by atoms with Crippen molar-refractivity contribution in [2.45, 2.75) is 19.1 Å². The van der Waals surface area contributed by atoms with Gasteiger partial charge in [-0.2, -0.15) is 0 Å². The number of ether oxygens (including phenoxy) is 1. The van der Waals surface area contributed by atoms with Crippen molar-refractivity contribution in [1.82, 2.24) is 4.90 Å². The molecule has 0 spiro atoms. The van der Waals surface area contributed by atoms with Crippen LogP contribution in [0.4, 0.5) is 4.39 Å². The van der Waals surface area contributed by atoms with Crippen molar-refractivity contribution >= 4 is 0 Å². The Morgan fingerprint density at radius 1 is 1.35 bits per heavy atom. The van der Waals surface area contributed by atoms with E-state index in [9.17, 15) is 4.39 Å². The van der Waals surface area contributed by atoms with Crippen LogP contribution in [0, 0.1) is 5.82 Å². The van der Waals surface area contributed by atoms with Gasteiger partial charge in [0.2, 0.25) is 0 Å². The highest BCUT2D eigenvalue weighted by Crippen LogP contribution is 2.12. The number of hydrogen-bond donors (Lipinski definition) is 1. The summed E-state index contributed by atoms with van der Waals surface area (Å²) in [6, 6.07) is 6.69. The minimum Gasteiger partial charge on any atom is -0.376 e. The Balaban J connectivity index is 1.87. The molecule has 1 aromatic rings. The largest absolute Gasteiger partial charge is 0.376 e. The van der Waals surface area contributed by atoms with E-state index >= 15 is 0 Å². The zero-order valence-corrected chi connectivity index (χ0v) is 9.94. The first-order valence-corrected chi connectivity index (χ1v) is 6.06. The molecule has 0 saturated carbocycles. The quantitative estimate of drug-likeness (QED) is 0.861. The van der Waals surface area contributed by atoms with Crippen molar-refractivity contribution in [3.05, 3.63) is 35.6 Å². The van der Waals surface area contributed by atoms with E-state index in [4.69, 9.17) is 10.5 Å². The summed E-state index contributed by atoms with van der Waals surface area (Å²) >= 11 is 0. The Labute approximate surface area is 101 Å². The van der Waals surface area contributed by atoms with E-state index in [1.54, 1.807) is 0 Å². The van der Waals surface area contributed by atoms with Gasteiger partial charge in [0, 0.05) is 19.6 Å².